The van der Waals surface area contributed by atoms with Gasteiger partial charge in [-0.2, -0.15) is 0 Å². The van der Waals surface area contributed by atoms with Gasteiger partial charge in [-0.1, -0.05) is 20.8 Å². The highest BCUT2D eigenvalue weighted by Crippen LogP contribution is 2.52. The van der Waals surface area contributed by atoms with E-state index in [0.717, 1.165) is 35.1 Å². The van der Waals surface area contributed by atoms with E-state index in [9.17, 15) is 0 Å². The predicted molar refractivity (Wildman–Crippen MR) is 107 cm³/mol. The zero-order valence-electron chi connectivity index (χ0n) is 17.1. The Morgan fingerprint density at radius 3 is 2.12 bits per heavy atom. The molecule has 0 aromatic rings. The summed E-state index contributed by atoms with van der Waals surface area (Å²) < 4.78 is 0. The summed E-state index contributed by atoms with van der Waals surface area (Å²) in [6.07, 6.45) is 14.9. The zero-order valence-corrected chi connectivity index (χ0v) is 17.1. The van der Waals surface area contributed by atoms with Gasteiger partial charge in [-0.3, -0.25) is 0 Å². The van der Waals surface area contributed by atoms with Crippen LogP contribution < -0.4 is 10.6 Å². The maximum Gasteiger partial charge on any atom is 0.00750 e. The van der Waals surface area contributed by atoms with Crippen molar-refractivity contribution < 1.29 is 0 Å². The van der Waals surface area contributed by atoms with Gasteiger partial charge in [0.2, 0.25) is 0 Å². The molecule has 25 heavy (non-hydrogen) atoms. The van der Waals surface area contributed by atoms with Gasteiger partial charge < -0.3 is 10.6 Å². The molecular weight excluding hydrogens is 304 g/mol. The molecule has 2 heteroatoms. The van der Waals surface area contributed by atoms with E-state index in [1.54, 1.807) is 0 Å². The van der Waals surface area contributed by atoms with Crippen LogP contribution in [0.4, 0.5) is 0 Å². The minimum atomic E-state index is 0.707. The molecule has 2 aliphatic heterocycles. The highest BCUT2D eigenvalue weighted by molar-refractivity contribution is 4.98. The summed E-state index contributed by atoms with van der Waals surface area (Å²) in [7, 11) is 0. The van der Waals surface area contributed by atoms with E-state index in [4.69, 9.17) is 0 Å². The third kappa shape index (κ3) is 3.81. The molecule has 4 aliphatic rings. The van der Waals surface area contributed by atoms with E-state index < -0.39 is 0 Å². The zero-order chi connectivity index (χ0) is 17.5. The fourth-order valence-electron chi connectivity index (χ4n) is 6.93. The molecule has 2 heterocycles. The molecule has 2 saturated heterocycles. The number of piperidine rings is 1. The highest BCUT2D eigenvalue weighted by atomic mass is 15.0. The molecule has 4 rings (SSSR count). The van der Waals surface area contributed by atoms with Crippen molar-refractivity contribution in [3.05, 3.63) is 0 Å². The van der Waals surface area contributed by atoms with Crippen molar-refractivity contribution in [1.29, 1.82) is 0 Å². The fourth-order valence-corrected chi connectivity index (χ4v) is 6.93. The van der Waals surface area contributed by atoms with Crippen LogP contribution in [0.3, 0.4) is 0 Å². The molecule has 2 nitrogen and oxygen atoms in total. The lowest BCUT2D eigenvalue weighted by molar-refractivity contribution is 0.0590. The first-order valence-corrected chi connectivity index (χ1v) is 11.4. The van der Waals surface area contributed by atoms with Crippen LogP contribution in [0.1, 0.15) is 85.0 Å². The van der Waals surface area contributed by atoms with Crippen molar-refractivity contribution in [1.82, 2.24) is 10.6 Å². The van der Waals surface area contributed by atoms with Crippen molar-refractivity contribution in [2.75, 3.05) is 19.6 Å². The molecule has 4 fully saturated rings. The third-order valence-corrected chi connectivity index (χ3v) is 9.00. The molecule has 0 bridgehead atoms. The summed E-state index contributed by atoms with van der Waals surface area (Å²) in [5.74, 6) is 3.81. The summed E-state index contributed by atoms with van der Waals surface area (Å²) in [5.41, 5.74) is 1.43. The maximum atomic E-state index is 3.91. The van der Waals surface area contributed by atoms with E-state index in [-0.39, 0.29) is 0 Å². The van der Waals surface area contributed by atoms with Crippen LogP contribution >= 0.6 is 0 Å². The topological polar surface area (TPSA) is 24.1 Å². The van der Waals surface area contributed by atoms with Crippen LogP contribution in [-0.4, -0.2) is 25.7 Å². The quantitative estimate of drug-likeness (QED) is 0.749. The van der Waals surface area contributed by atoms with Crippen LogP contribution in [0.25, 0.3) is 0 Å². The van der Waals surface area contributed by atoms with E-state index in [0.29, 0.717) is 5.41 Å². The molecule has 2 saturated carbocycles. The van der Waals surface area contributed by atoms with E-state index in [2.05, 4.69) is 31.4 Å². The van der Waals surface area contributed by atoms with E-state index >= 15 is 0 Å². The van der Waals surface area contributed by atoms with Gasteiger partial charge in [0, 0.05) is 19.1 Å². The van der Waals surface area contributed by atoms with Crippen LogP contribution in [0.5, 0.6) is 0 Å². The average Bonchev–Trinajstić information content (AvgIpc) is 2.97. The Bertz CT molecular complexity index is 445. The Morgan fingerprint density at radius 1 is 0.840 bits per heavy atom. The Morgan fingerprint density at radius 2 is 1.52 bits per heavy atom. The second kappa shape index (κ2) is 7.15. The second-order valence-corrected chi connectivity index (χ2v) is 11.0. The lowest BCUT2D eigenvalue weighted by Crippen LogP contribution is -2.55. The average molecular weight is 347 g/mol. The van der Waals surface area contributed by atoms with Gasteiger partial charge in [0.15, 0.2) is 0 Å². The van der Waals surface area contributed by atoms with Gasteiger partial charge in [-0.15, -0.1) is 0 Å². The van der Waals surface area contributed by atoms with Crippen LogP contribution in [0.2, 0.25) is 0 Å². The van der Waals surface area contributed by atoms with E-state index in [1.165, 1.54) is 83.8 Å². The number of rotatable bonds is 4. The van der Waals surface area contributed by atoms with Crippen LogP contribution in [0.15, 0.2) is 0 Å². The van der Waals surface area contributed by atoms with Gasteiger partial charge in [0.05, 0.1) is 0 Å². The van der Waals surface area contributed by atoms with Gasteiger partial charge in [0.1, 0.15) is 0 Å². The fraction of sp³-hybridized carbons (Fsp3) is 1.00. The van der Waals surface area contributed by atoms with Crippen molar-refractivity contribution in [2.24, 2.45) is 34.5 Å². The normalized spacial score (nSPS) is 39.8. The molecule has 4 atom stereocenters. The summed E-state index contributed by atoms with van der Waals surface area (Å²) in [5, 5.41) is 7.42. The molecule has 144 valence electrons. The SMILES string of the molecule is CC(C)C1CCC2(CCNC(CC(C)C3CCC4(CC3)CNC4)C2)C1. The Labute approximate surface area is 156 Å². The van der Waals surface area contributed by atoms with Gasteiger partial charge >= 0.3 is 0 Å². The molecule has 4 unspecified atom stereocenters. The van der Waals surface area contributed by atoms with Gasteiger partial charge in [0.25, 0.3) is 0 Å². The van der Waals surface area contributed by atoms with Crippen molar-refractivity contribution in [3.63, 3.8) is 0 Å². The minimum absolute atomic E-state index is 0.707. The number of hydrogen-bond acceptors (Lipinski definition) is 2. The standard InChI is InChI=1S/C23H42N2/c1-17(2)20-6-7-22(13-20)10-11-25-21(14-22)12-18(3)19-4-8-23(9-5-19)15-24-16-23/h17-21,24-25H,4-16H2,1-3H3. The summed E-state index contributed by atoms with van der Waals surface area (Å²) >= 11 is 0. The molecule has 0 aromatic heterocycles. The lowest BCUT2D eigenvalue weighted by Gasteiger charge is -2.49. The molecule has 2 spiro atoms. The first kappa shape index (κ1) is 18.3. The van der Waals surface area contributed by atoms with Crippen molar-refractivity contribution in [3.8, 4) is 0 Å². The van der Waals surface area contributed by atoms with E-state index in [1.807, 2.05) is 0 Å². The Hall–Kier alpha value is -0.0800. The molecule has 2 aliphatic carbocycles. The lowest BCUT2D eigenvalue weighted by atomic mass is 9.64. The molecule has 0 amide bonds. The summed E-state index contributed by atoms with van der Waals surface area (Å²) in [6.45, 7) is 11.3. The van der Waals surface area contributed by atoms with Crippen molar-refractivity contribution in [2.45, 2.75) is 91.0 Å². The first-order chi connectivity index (χ1) is 12.0. The summed E-state index contributed by atoms with van der Waals surface area (Å²) in [6, 6.07) is 0.802. The van der Waals surface area contributed by atoms with Crippen molar-refractivity contribution >= 4 is 0 Å². The highest BCUT2D eigenvalue weighted by Gasteiger charge is 2.44. The van der Waals surface area contributed by atoms with Gasteiger partial charge in [-0.25, -0.2) is 0 Å². The Balaban J connectivity index is 1.27. The monoisotopic (exact) mass is 346 g/mol. The maximum absolute atomic E-state index is 3.91. The Kier molecular flexibility index (Phi) is 5.23. The van der Waals surface area contributed by atoms with Crippen LogP contribution in [-0.2, 0) is 0 Å². The minimum Gasteiger partial charge on any atom is -0.316 e. The molecule has 2 N–H and O–H groups in total. The number of nitrogens with one attached hydrogen (secondary N) is 2. The largest absolute Gasteiger partial charge is 0.316 e. The van der Waals surface area contributed by atoms with Gasteiger partial charge in [-0.05, 0) is 105 Å². The smallest absolute Gasteiger partial charge is 0.00750 e. The third-order valence-electron chi connectivity index (χ3n) is 9.00. The van der Waals surface area contributed by atoms with Crippen LogP contribution in [0, 0.1) is 34.5 Å². The summed E-state index contributed by atoms with van der Waals surface area (Å²) in [4.78, 5) is 0. The first-order valence-electron chi connectivity index (χ1n) is 11.4. The number of hydrogen-bond donors (Lipinski definition) is 2. The molecule has 0 radical (unpaired) electrons. The predicted octanol–water partition coefficient (Wildman–Crippen LogP) is 4.99. The second-order valence-electron chi connectivity index (χ2n) is 11.0. The molecular formula is C23H42N2. The molecule has 0 aromatic carbocycles.